The second-order valence-corrected chi connectivity index (χ2v) is 6.21. The molecule has 1 aliphatic carbocycles. The summed E-state index contributed by atoms with van der Waals surface area (Å²) in [6, 6.07) is 3.87. The molecule has 2 atom stereocenters. The molecule has 0 bridgehead atoms. The minimum absolute atomic E-state index is 0.110. The lowest BCUT2D eigenvalue weighted by molar-refractivity contribution is 0.0888. The Balaban J connectivity index is 1.53. The first-order valence-electron chi connectivity index (χ1n) is 7.69. The Morgan fingerprint density at radius 3 is 3.27 bits per heavy atom. The van der Waals surface area contributed by atoms with Gasteiger partial charge in [0.15, 0.2) is 11.5 Å². The molecule has 1 saturated heterocycles. The van der Waals surface area contributed by atoms with Crippen LogP contribution >= 0.6 is 0 Å². The maximum absolute atomic E-state index is 12.5. The zero-order chi connectivity index (χ0) is 15.2. The van der Waals surface area contributed by atoms with E-state index in [1.54, 1.807) is 10.7 Å². The van der Waals surface area contributed by atoms with E-state index in [1.165, 1.54) is 0 Å². The van der Waals surface area contributed by atoms with Crippen molar-refractivity contribution in [2.75, 3.05) is 6.54 Å². The van der Waals surface area contributed by atoms with Crippen molar-refractivity contribution in [1.29, 1.82) is 0 Å². The van der Waals surface area contributed by atoms with Crippen LogP contribution in [0.25, 0.3) is 11.5 Å². The second-order valence-electron chi connectivity index (χ2n) is 6.21. The molecule has 116 valence electrons. The van der Waals surface area contributed by atoms with Crippen molar-refractivity contribution in [2.45, 2.75) is 37.3 Å². The molecule has 2 aliphatic rings. The number of carbonyl (C=O) groups is 1. The standard InChI is InChI=1S/C15H19N5O2/c1-20-8-4-10(18-20)12-9-11(19-22-12)14(21)17-15-5-2-3-13(15)16-7-6-15/h4,8-9,13,16H,2-3,5-7H2,1H3,(H,17,21). The lowest BCUT2D eigenvalue weighted by Crippen LogP contribution is -2.52. The second kappa shape index (κ2) is 4.95. The molecule has 2 N–H and O–H groups in total. The summed E-state index contributed by atoms with van der Waals surface area (Å²) in [5.41, 5.74) is 0.877. The van der Waals surface area contributed by atoms with Crippen LogP contribution in [0.3, 0.4) is 0 Å². The zero-order valence-corrected chi connectivity index (χ0v) is 12.5. The monoisotopic (exact) mass is 301 g/mol. The largest absolute Gasteiger partial charge is 0.354 e. The number of carbonyl (C=O) groups excluding carboxylic acids is 1. The maximum atomic E-state index is 12.5. The molecule has 0 radical (unpaired) electrons. The van der Waals surface area contributed by atoms with E-state index in [2.05, 4.69) is 20.9 Å². The van der Waals surface area contributed by atoms with E-state index >= 15 is 0 Å². The third-order valence-electron chi connectivity index (χ3n) is 4.82. The first-order valence-corrected chi connectivity index (χ1v) is 7.69. The number of hydrogen-bond acceptors (Lipinski definition) is 5. The molecule has 2 aromatic rings. The van der Waals surface area contributed by atoms with Gasteiger partial charge in [-0.25, -0.2) is 0 Å². The van der Waals surface area contributed by atoms with Gasteiger partial charge in [0, 0.05) is 25.4 Å². The van der Waals surface area contributed by atoms with E-state index < -0.39 is 0 Å². The highest BCUT2D eigenvalue weighted by atomic mass is 16.5. The molecule has 1 amide bonds. The van der Waals surface area contributed by atoms with Crippen LogP contribution in [-0.2, 0) is 7.05 Å². The van der Waals surface area contributed by atoms with Gasteiger partial charge in [-0.3, -0.25) is 9.48 Å². The number of nitrogens with one attached hydrogen (secondary N) is 2. The summed E-state index contributed by atoms with van der Waals surface area (Å²) in [4.78, 5) is 12.5. The first kappa shape index (κ1) is 13.5. The third-order valence-corrected chi connectivity index (χ3v) is 4.82. The Bertz CT molecular complexity index is 694. The quantitative estimate of drug-likeness (QED) is 0.886. The number of fused-ring (bicyclic) bond motifs is 1. The summed E-state index contributed by atoms with van der Waals surface area (Å²) in [5, 5.41) is 14.8. The predicted octanol–water partition coefficient (Wildman–Crippen LogP) is 1.09. The van der Waals surface area contributed by atoms with E-state index in [1.807, 2.05) is 19.3 Å². The molecular formula is C15H19N5O2. The van der Waals surface area contributed by atoms with Crippen LogP contribution in [0.15, 0.2) is 22.9 Å². The SMILES string of the molecule is Cn1ccc(-c2cc(C(=O)NC34CCCC3NCC4)no2)n1. The fraction of sp³-hybridized carbons (Fsp3) is 0.533. The molecule has 4 rings (SSSR count). The fourth-order valence-corrected chi connectivity index (χ4v) is 3.69. The summed E-state index contributed by atoms with van der Waals surface area (Å²) >= 11 is 0. The Kier molecular flexibility index (Phi) is 3.04. The van der Waals surface area contributed by atoms with Gasteiger partial charge in [0.05, 0.1) is 5.54 Å². The highest BCUT2D eigenvalue weighted by Crippen LogP contribution is 2.36. The van der Waals surface area contributed by atoms with E-state index in [9.17, 15) is 4.79 Å². The number of amides is 1. The molecule has 7 heteroatoms. The molecule has 2 fully saturated rings. The Hall–Kier alpha value is -2.15. The van der Waals surface area contributed by atoms with Crippen LogP contribution in [0.2, 0.25) is 0 Å². The van der Waals surface area contributed by atoms with Gasteiger partial charge in [-0.1, -0.05) is 5.16 Å². The van der Waals surface area contributed by atoms with Gasteiger partial charge < -0.3 is 15.2 Å². The van der Waals surface area contributed by atoms with Gasteiger partial charge >= 0.3 is 0 Å². The van der Waals surface area contributed by atoms with Crippen molar-refractivity contribution < 1.29 is 9.32 Å². The van der Waals surface area contributed by atoms with E-state index in [0.29, 0.717) is 23.2 Å². The third kappa shape index (κ3) is 2.12. The van der Waals surface area contributed by atoms with Crippen molar-refractivity contribution >= 4 is 5.91 Å². The topological polar surface area (TPSA) is 85.0 Å². The van der Waals surface area contributed by atoms with Crippen molar-refractivity contribution in [3.63, 3.8) is 0 Å². The molecule has 1 saturated carbocycles. The minimum atomic E-state index is -0.165. The number of aromatic nitrogens is 3. The van der Waals surface area contributed by atoms with Crippen LogP contribution in [0.4, 0.5) is 0 Å². The first-order chi connectivity index (χ1) is 10.7. The Labute approximate surface area is 128 Å². The normalized spacial score (nSPS) is 27.0. The Morgan fingerprint density at radius 1 is 1.55 bits per heavy atom. The summed E-state index contributed by atoms with van der Waals surface area (Å²) in [7, 11) is 1.83. The number of rotatable bonds is 3. The van der Waals surface area contributed by atoms with E-state index in [4.69, 9.17) is 4.52 Å². The molecule has 3 heterocycles. The number of hydrogen-bond donors (Lipinski definition) is 2. The van der Waals surface area contributed by atoms with Crippen molar-refractivity contribution in [1.82, 2.24) is 25.6 Å². The van der Waals surface area contributed by atoms with E-state index in [-0.39, 0.29) is 11.4 Å². The summed E-state index contributed by atoms with van der Waals surface area (Å²) in [5.74, 6) is 0.345. The molecule has 0 spiro atoms. The average molecular weight is 301 g/mol. The van der Waals surface area contributed by atoms with Gasteiger partial charge in [-0.2, -0.15) is 5.10 Å². The maximum Gasteiger partial charge on any atom is 0.273 e. The molecule has 2 aromatic heterocycles. The lowest BCUT2D eigenvalue weighted by Gasteiger charge is -2.29. The minimum Gasteiger partial charge on any atom is -0.354 e. The molecular weight excluding hydrogens is 282 g/mol. The highest BCUT2D eigenvalue weighted by Gasteiger charge is 2.47. The molecule has 2 unspecified atom stereocenters. The summed E-state index contributed by atoms with van der Waals surface area (Å²) < 4.78 is 6.94. The van der Waals surface area contributed by atoms with Crippen LogP contribution in [-0.4, -0.2) is 39.0 Å². The van der Waals surface area contributed by atoms with Gasteiger partial charge in [-0.05, 0) is 38.3 Å². The van der Waals surface area contributed by atoms with Gasteiger partial charge in [0.2, 0.25) is 0 Å². The molecule has 22 heavy (non-hydrogen) atoms. The van der Waals surface area contributed by atoms with Gasteiger partial charge in [-0.15, -0.1) is 0 Å². The van der Waals surface area contributed by atoms with Crippen molar-refractivity contribution in [2.24, 2.45) is 7.05 Å². The number of aryl methyl sites for hydroxylation is 1. The van der Waals surface area contributed by atoms with Crippen LogP contribution in [0.1, 0.15) is 36.2 Å². The lowest BCUT2D eigenvalue weighted by atomic mass is 9.93. The predicted molar refractivity (Wildman–Crippen MR) is 79.2 cm³/mol. The van der Waals surface area contributed by atoms with Crippen molar-refractivity contribution in [3.8, 4) is 11.5 Å². The zero-order valence-electron chi connectivity index (χ0n) is 12.5. The van der Waals surface area contributed by atoms with Crippen LogP contribution < -0.4 is 10.6 Å². The Morgan fingerprint density at radius 2 is 2.45 bits per heavy atom. The smallest absolute Gasteiger partial charge is 0.273 e. The average Bonchev–Trinajstić information content (AvgIpc) is 3.19. The van der Waals surface area contributed by atoms with Crippen molar-refractivity contribution in [3.05, 3.63) is 24.0 Å². The highest BCUT2D eigenvalue weighted by molar-refractivity contribution is 5.93. The summed E-state index contributed by atoms with van der Waals surface area (Å²) in [6.45, 7) is 0.961. The van der Waals surface area contributed by atoms with E-state index in [0.717, 1.165) is 32.2 Å². The number of nitrogens with zero attached hydrogens (tertiary/aromatic N) is 3. The van der Waals surface area contributed by atoms with Crippen LogP contribution in [0.5, 0.6) is 0 Å². The molecule has 7 nitrogen and oxygen atoms in total. The van der Waals surface area contributed by atoms with Gasteiger partial charge in [0.1, 0.15) is 5.69 Å². The summed E-state index contributed by atoms with van der Waals surface area (Å²) in [6.07, 6.45) is 6.10. The van der Waals surface area contributed by atoms with Crippen LogP contribution in [0, 0.1) is 0 Å². The molecule has 0 aromatic carbocycles. The van der Waals surface area contributed by atoms with Gasteiger partial charge in [0.25, 0.3) is 5.91 Å². The fourth-order valence-electron chi connectivity index (χ4n) is 3.69. The molecule has 1 aliphatic heterocycles.